The molecule has 0 fully saturated rings. The summed E-state index contributed by atoms with van der Waals surface area (Å²) in [6.07, 6.45) is 15.1. The molecule has 0 aromatic carbocycles. The minimum Gasteiger partial charge on any atom is -0.286 e. The average Bonchev–Trinajstić information content (AvgIpc) is 2.10. The maximum absolute atomic E-state index is 9.76. The van der Waals surface area contributed by atoms with Crippen molar-refractivity contribution in [1.29, 1.82) is 0 Å². The van der Waals surface area contributed by atoms with E-state index in [2.05, 4.69) is 19.1 Å². The molecule has 0 bridgehead atoms. The fourth-order valence-electron chi connectivity index (χ4n) is 0.940. The van der Waals surface area contributed by atoms with Crippen molar-refractivity contribution in [2.24, 2.45) is 0 Å². The minimum atomic E-state index is 0.995. The lowest BCUT2D eigenvalue weighted by molar-refractivity contribution is 0.564. The molecule has 67 valence electrons. The van der Waals surface area contributed by atoms with E-state index in [-0.39, 0.29) is 0 Å². The molecule has 0 aliphatic carbocycles. The van der Waals surface area contributed by atoms with Gasteiger partial charge in [0.1, 0.15) is 0 Å². The van der Waals surface area contributed by atoms with Crippen LogP contribution in [0.2, 0.25) is 0 Å². The summed E-state index contributed by atoms with van der Waals surface area (Å²) in [6.45, 7) is 2.14. The van der Waals surface area contributed by atoms with Gasteiger partial charge in [-0.2, -0.15) is 0 Å². The molecule has 1 radical (unpaired) electrons. The second-order valence-electron chi connectivity index (χ2n) is 2.68. The quantitative estimate of drug-likeness (QED) is 0.321. The third-order valence-electron chi connectivity index (χ3n) is 1.58. The van der Waals surface area contributed by atoms with E-state index in [1.54, 1.807) is 6.29 Å². The SMILES string of the molecule is CC/C=C/CCCC/C=C/[C]=O. The lowest BCUT2D eigenvalue weighted by atomic mass is 10.2. The Morgan fingerprint density at radius 3 is 2.33 bits per heavy atom. The lowest BCUT2D eigenvalue weighted by Gasteiger charge is -1.91. The Kier molecular flexibility index (Phi) is 9.43. The number of allylic oxidation sites excluding steroid dienone is 4. The standard InChI is InChI=1S/C11H17O/c1-2-3-4-5-6-7-8-9-10-11-12/h3-4,9-10H,2,5-8H2,1H3/b4-3+,10-9+. The van der Waals surface area contributed by atoms with Crippen LogP contribution < -0.4 is 0 Å². The third-order valence-corrected chi connectivity index (χ3v) is 1.58. The van der Waals surface area contributed by atoms with E-state index in [1.807, 2.05) is 6.08 Å². The van der Waals surface area contributed by atoms with Gasteiger partial charge in [0, 0.05) is 0 Å². The van der Waals surface area contributed by atoms with Gasteiger partial charge in [-0.3, -0.25) is 4.79 Å². The summed E-state index contributed by atoms with van der Waals surface area (Å²) in [6, 6.07) is 0. The van der Waals surface area contributed by atoms with E-state index < -0.39 is 0 Å². The number of hydrogen-bond acceptors (Lipinski definition) is 1. The van der Waals surface area contributed by atoms with E-state index >= 15 is 0 Å². The summed E-state index contributed by atoms with van der Waals surface area (Å²) in [5.41, 5.74) is 0. The van der Waals surface area contributed by atoms with Crippen LogP contribution in [-0.4, -0.2) is 6.29 Å². The van der Waals surface area contributed by atoms with Crippen LogP contribution in [0.5, 0.6) is 0 Å². The van der Waals surface area contributed by atoms with Gasteiger partial charge in [0.05, 0.1) is 0 Å². The number of carbonyl (C=O) groups excluding carboxylic acids is 1. The molecule has 0 saturated carbocycles. The molecular formula is C11H17O. The molecule has 0 unspecified atom stereocenters. The molecule has 12 heavy (non-hydrogen) atoms. The van der Waals surface area contributed by atoms with Crippen molar-refractivity contribution in [2.45, 2.75) is 39.0 Å². The van der Waals surface area contributed by atoms with Crippen LogP contribution >= 0.6 is 0 Å². The molecule has 0 aromatic heterocycles. The Bertz CT molecular complexity index is 145. The van der Waals surface area contributed by atoms with Crippen molar-refractivity contribution >= 4 is 6.29 Å². The molecule has 0 saturated heterocycles. The Hall–Kier alpha value is -0.850. The third kappa shape index (κ3) is 9.15. The molecule has 0 heterocycles. The van der Waals surface area contributed by atoms with Gasteiger partial charge < -0.3 is 0 Å². The Morgan fingerprint density at radius 1 is 1.08 bits per heavy atom. The van der Waals surface area contributed by atoms with Gasteiger partial charge in [0.25, 0.3) is 0 Å². The van der Waals surface area contributed by atoms with E-state index in [0.717, 1.165) is 25.7 Å². The van der Waals surface area contributed by atoms with E-state index in [0.29, 0.717) is 0 Å². The average molecular weight is 165 g/mol. The van der Waals surface area contributed by atoms with Crippen molar-refractivity contribution in [3.8, 4) is 0 Å². The number of rotatable bonds is 7. The topological polar surface area (TPSA) is 17.1 Å². The first kappa shape index (κ1) is 11.2. The first-order chi connectivity index (χ1) is 5.91. The first-order valence-electron chi connectivity index (χ1n) is 4.59. The van der Waals surface area contributed by atoms with E-state index in [4.69, 9.17) is 0 Å². The summed E-state index contributed by atoms with van der Waals surface area (Å²) in [5, 5.41) is 0. The molecule has 0 spiro atoms. The van der Waals surface area contributed by atoms with Crippen LogP contribution in [-0.2, 0) is 4.79 Å². The van der Waals surface area contributed by atoms with Crippen LogP contribution in [0.25, 0.3) is 0 Å². The smallest absolute Gasteiger partial charge is 0.225 e. The molecule has 0 aliphatic heterocycles. The zero-order chi connectivity index (χ0) is 9.07. The van der Waals surface area contributed by atoms with Crippen LogP contribution in [0.1, 0.15) is 39.0 Å². The molecule has 1 heteroatoms. The summed E-state index contributed by atoms with van der Waals surface area (Å²) in [7, 11) is 0. The normalized spacial score (nSPS) is 11.4. The molecule has 0 atom stereocenters. The summed E-state index contributed by atoms with van der Waals surface area (Å²) < 4.78 is 0. The maximum atomic E-state index is 9.76. The van der Waals surface area contributed by atoms with Crippen LogP contribution in [0.15, 0.2) is 24.3 Å². The van der Waals surface area contributed by atoms with Gasteiger partial charge in [-0.1, -0.05) is 25.2 Å². The Balaban J connectivity index is 3.05. The second kappa shape index (κ2) is 10.2. The molecule has 0 aromatic rings. The van der Waals surface area contributed by atoms with Gasteiger partial charge in [-0.15, -0.1) is 0 Å². The summed E-state index contributed by atoms with van der Waals surface area (Å²) in [5.74, 6) is 0. The van der Waals surface area contributed by atoms with Crippen LogP contribution in [0.4, 0.5) is 0 Å². The van der Waals surface area contributed by atoms with E-state index in [1.165, 1.54) is 12.5 Å². The number of unbranched alkanes of at least 4 members (excludes halogenated alkanes) is 3. The largest absolute Gasteiger partial charge is 0.286 e. The summed E-state index contributed by atoms with van der Waals surface area (Å²) >= 11 is 0. The molecule has 0 amide bonds. The van der Waals surface area contributed by atoms with Crippen LogP contribution in [0.3, 0.4) is 0 Å². The molecule has 0 aliphatic rings. The highest BCUT2D eigenvalue weighted by molar-refractivity contribution is 5.65. The summed E-state index contributed by atoms with van der Waals surface area (Å²) in [4.78, 5) is 9.76. The Labute approximate surface area is 75.2 Å². The van der Waals surface area contributed by atoms with Gasteiger partial charge in [0.15, 0.2) is 0 Å². The minimum absolute atomic E-state index is 0.995. The Morgan fingerprint density at radius 2 is 1.75 bits per heavy atom. The highest BCUT2D eigenvalue weighted by atomic mass is 16.1. The van der Waals surface area contributed by atoms with E-state index in [9.17, 15) is 4.79 Å². The molecular weight excluding hydrogens is 148 g/mol. The van der Waals surface area contributed by atoms with Gasteiger partial charge >= 0.3 is 0 Å². The maximum Gasteiger partial charge on any atom is 0.225 e. The first-order valence-corrected chi connectivity index (χ1v) is 4.59. The predicted molar refractivity (Wildman–Crippen MR) is 52.7 cm³/mol. The van der Waals surface area contributed by atoms with Crippen molar-refractivity contribution in [2.75, 3.05) is 0 Å². The van der Waals surface area contributed by atoms with Crippen molar-refractivity contribution in [3.63, 3.8) is 0 Å². The number of hydrogen-bond donors (Lipinski definition) is 0. The highest BCUT2D eigenvalue weighted by Crippen LogP contribution is 2.01. The zero-order valence-corrected chi connectivity index (χ0v) is 7.75. The van der Waals surface area contributed by atoms with Gasteiger partial charge in [0.2, 0.25) is 6.29 Å². The monoisotopic (exact) mass is 165 g/mol. The van der Waals surface area contributed by atoms with Gasteiger partial charge in [-0.25, -0.2) is 0 Å². The fourth-order valence-corrected chi connectivity index (χ4v) is 0.940. The van der Waals surface area contributed by atoms with Crippen LogP contribution in [0, 0.1) is 0 Å². The van der Waals surface area contributed by atoms with Crippen molar-refractivity contribution in [1.82, 2.24) is 0 Å². The molecule has 0 N–H and O–H groups in total. The fraction of sp³-hybridized carbons (Fsp3) is 0.545. The molecule has 0 rings (SSSR count). The lowest BCUT2D eigenvalue weighted by Crippen LogP contribution is -1.72. The van der Waals surface area contributed by atoms with Crippen molar-refractivity contribution < 1.29 is 4.79 Å². The highest BCUT2D eigenvalue weighted by Gasteiger charge is 1.82. The van der Waals surface area contributed by atoms with Gasteiger partial charge in [-0.05, 0) is 38.2 Å². The second-order valence-corrected chi connectivity index (χ2v) is 2.68. The predicted octanol–water partition coefficient (Wildman–Crippen LogP) is 3.18. The molecule has 1 nitrogen and oxygen atoms in total. The zero-order valence-electron chi connectivity index (χ0n) is 7.75. The van der Waals surface area contributed by atoms with Crippen molar-refractivity contribution in [3.05, 3.63) is 24.3 Å².